The number of aromatic amines is 1. The van der Waals surface area contributed by atoms with E-state index in [2.05, 4.69) is 10.2 Å². The molecule has 1 aliphatic heterocycles. The van der Waals surface area contributed by atoms with E-state index in [1.807, 2.05) is 19.9 Å². The van der Waals surface area contributed by atoms with E-state index in [4.69, 9.17) is 0 Å². The van der Waals surface area contributed by atoms with Crippen LogP contribution in [-0.2, 0) is 0 Å². The van der Waals surface area contributed by atoms with E-state index < -0.39 is 6.04 Å². The van der Waals surface area contributed by atoms with Gasteiger partial charge in [0.1, 0.15) is 23.0 Å². The molecule has 6 nitrogen and oxygen atoms in total. The van der Waals surface area contributed by atoms with Gasteiger partial charge in [-0.1, -0.05) is 18.2 Å². The summed E-state index contributed by atoms with van der Waals surface area (Å²) in [5.41, 5.74) is 4.41. The number of amides is 1. The van der Waals surface area contributed by atoms with Crippen molar-refractivity contribution in [2.75, 3.05) is 13.2 Å². The lowest BCUT2D eigenvalue weighted by Crippen LogP contribution is -2.32. The normalized spacial score (nSPS) is 15.9. The Kier molecular flexibility index (Phi) is 4.39. The standard InChI is InChI=1S/C21H20FN3O3/c1-11-9-12(2)16(15(27)10-11)18-17-19(24-23-18)21(28)25(7-8-26)20(17)13-3-5-14(22)6-4-13/h3-6,9-10,20,26-27H,7-8H2,1-2H3,(H,23,24)/t20-/m1/s1. The zero-order valence-corrected chi connectivity index (χ0v) is 15.5. The van der Waals surface area contributed by atoms with Crippen LogP contribution in [0.3, 0.4) is 0 Å². The maximum atomic E-state index is 13.4. The van der Waals surface area contributed by atoms with Gasteiger partial charge in [0.25, 0.3) is 5.91 Å². The molecule has 2 heterocycles. The molecule has 4 rings (SSSR count). The lowest BCUT2D eigenvalue weighted by atomic mass is 9.93. The van der Waals surface area contributed by atoms with Gasteiger partial charge in [-0.15, -0.1) is 0 Å². The van der Waals surface area contributed by atoms with Crippen LogP contribution in [0.15, 0.2) is 36.4 Å². The molecule has 0 radical (unpaired) electrons. The van der Waals surface area contributed by atoms with Gasteiger partial charge in [0.05, 0.1) is 12.6 Å². The van der Waals surface area contributed by atoms with Crippen molar-refractivity contribution in [3.05, 3.63) is 70.2 Å². The number of nitrogens with one attached hydrogen (secondary N) is 1. The number of nitrogens with zero attached hydrogens (tertiary/aromatic N) is 2. The second-order valence-electron chi connectivity index (χ2n) is 7.01. The van der Waals surface area contributed by atoms with Gasteiger partial charge >= 0.3 is 0 Å². The number of rotatable bonds is 4. The summed E-state index contributed by atoms with van der Waals surface area (Å²) in [7, 11) is 0. The number of H-pyrrole nitrogens is 1. The third-order valence-corrected chi connectivity index (χ3v) is 5.09. The molecular formula is C21H20FN3O3. The summed E-state index contributed by atoms with van der Waals surface area (Å²) in [5.74, 6) is -0.583. The van der Waals surface area contributed by atoms with Gasteiger partial charge in [0.15, 0.2) is 0 Å². The number of phenolic OH excluding ortho intramolecular Hbond substituents is 1. The molecule has 1 atom stereocenters. The van der Waals surface area contributed by atoms with Crippen molar-refractivity contribution < 1.29 is 19.4 Å². The molecule has 2 aromatic carbocycles. The third-order valence-electron chi connectivity index (χ3n) is 5.09. The fraction of sp³-hybridized carbons (Fsp3) is 0.238. The molecule has 144 valence electrons. The molecule has 1 aliphatic rings. The smallest absolute Gasteiger partial charge is 0.273 e. The molecule has 3 N–H and O–H groups in total. The molecule has 0 bridgehead atoms. The Morgan fingerprint density at radius 1 is 1.21 bits per heavy atom. The number of aromatic nitrogens is 2. The van der Waals surface area contributed by atoms with Crippen molar-refractivity contribution in [3.8, 4) is 17.0 Å². The quantitative estimate of drug-likeness (QED) is 0.648. The number of aryl methyl sites for hydroxylation is 2. The first-order valence-corrected chi connectivity index (χ1v) is 8.98. The number of fused-ring (bicyclic) bond motifs is 1. The summed E-state index contributed by atoms with van der Waals surface area (Å²) >= 11 is 0. The van der Waals surface area contributed by atoms with Gasteiger partial charge in [-0.05, 0) is 48.7 Å². The average molecular weight is 381 g/mol. The number of halogens is 1. The van der Waals surface area contributed by atoms with Crippen molar-refractivity contribution in [2.45, 2.75) is 19.9 Å². The van der Waals surface area contributed by atoms with Crippen molar-refractivity contribution in [1.82, 2.24) is 15.1 Å². The van der Waals surface area contributed by atoms with Gasteiger partial charge < -0.3 is 15.1 Å². The Balaban J connectivity index is 1.94. The summed E-state index contributed by atoms with van der Waals surface area (Å²) in [6, 6.07) is 8.96. The van der Waals surface area contributed by atoms with E-state index in [1.165, 1.54) is 17.0 Å². The van der Waals surface area contributed by atoms with Crippen LogP contribution < -0.4 is 0 Å². The Bertz CT molecular complexity index is 1040. The number of aliphatic hydroxyl groups excluding tert-OH is 1. The number of β-amino-alcohol motifs (C(OH)–C–C–N with tert-alkyl or cyclic N) is 1. The van der Waals surface area contributed by atoms with Gasteiger partial charge in [-0.2, -0.15) is 5.10 Å². The van der Waals surface area contributed by atoms with Crippen molar-refractivity contribution in [2.24, 2.45) is 0 Å². The maximum Gasteiger partial charge on any atom is 0.273 e. The second kappa shape index (κ2) is 6.76. The minimum atomic E-state index is -0.538. The van der Waals surface area contributed by atoms with Crippen LogP contribution in [0.2, 0.25) is 0 Å². The fourth-order valence-electron chi connectivity index (χ4n) is 3.97. The van der Waals surface area contributed by atoms with Gasteiger partial charge in [0.2, 0.25) is 0 Å². The van der Waals surface area contributed by atoms with Gasteiger partial charge in [0, 0.05) is 17.7 Å². The second-order valence-corrected chi connectivity index (χ2v) is 7.01. The summed E-state index contributed by atoms with van der Waals surface area (Å²) in [6.45, 7) is 3.69. The number of phenols is 1. The Morgan fingerprint density at radius 2 is 1.93 bits per heavy atom. The first-order valence-electron chi connectivity index (χ1n) is 8.98. The highest BCUT2D eigenvalue weighted by atomic mass is 19.1. The number of carbonyl (C=O) groups is 1. The SMILES string of the molecule is Cc1cc(C)c(-c2n[nH]c3c2[C@@H](c2ccc(F)cc2)N(CCO)C3=O)c(O)c1. The molecule has 7 heteroatoms. The minimum Gasteiger partial charge on any atom is -0.507 e. The number of aliphatic hydroxyl groups is 1. The van der Waals surface area contributed by atoms with E-state index >= 15 is 0 Å². The van der Waals surface area contributed by atoms with E-state index in [1.54, 1.807) is 18.2 Å². The van der Waals surface area contributed by atoms with Crippen LogP contribution in [-0.4, -0.2) is 44.4 Å². The third kappa shape index (κ3) is 2.75. The van der Waals surface area contributed by atoms with Crippen LogP contribution in [0.1, 0.15) is 38.8 Å². The number of hydrogen-bond acceptors (Lipinski definition) is 4. The Labute approximate surface area is 161 Å². The number of hydrogen-bond donors (Lipinski definition) is 3. The van der Waals surface area contributed by atoms with Crippen molar-refractivity contribution in [1.29, 1.82) is 0 Å². The largest absolute Gasteiger partial charge is 0.507 e. The maximum absolute atomic E-state index is 13.4. The number of carbonyl (C=O) groups excluding carboxylic acids is 1. The van der Waals surface area contributed by atoms with E-state index in [0.29, 0.717) is 28.1 Å². The van der Waals surface area contributed by atoms with Gasteiger partial charge in [-0.25, -0.2) is 4.39 Å². The van der Waals surface area contributed by atoms with Crippen LogP contribution in [0.5, 0.6) is 5.75 Å². The summed E-state index contributed by atoms with van der Waals surface area (Å²) in [6.07, 6.45) is 0. The summed E-state index contributed by atoms with van der Waals surface area (Å²) < 4.78 is 13.4. The molecule has 0 fully saturated rings. The number of benzene rings is 2. The van der Waals surface area contributed by atoms with Crippen LogP contribution in [0.25, 0.3) is 11.3 Å². The molecule has 1 aromatic heterocycles. The Hall–Kier alpha value is -3.19. The number of aromatic hydroxyl groups is 1. The lowest BCUT2D eigenvalue weighted by Gasteiger charge is -2.25. The fourth-order valence-corrected chi connectivity index (χ4v) is 3.97. The highest BCUT2D eigenvalue weighted by Gasteiger charge is 2.42. The monoisotopic (exact) mass is 381 g/mol. The molecule has 0 aliphatic carbocycles. The topological polar surface area (TPSA) is 89.5 Å². The minimum absolute atomic E-state index is 0.0812. The first-order chi connectivity index (χ1) is 13.4. The van der Waals surface area contributed by atoms with E-state index in [9.17, 15) is 19.4 Å². The van der Waals surface area contributed by atoms with Crippen LogP contribution in [0.4, 0.5) is 4.39 Å². The first kappa shape index (κ1) is 18.2. The zero-order chi connectivity index (χ0) is 20.0. The molecule has 3 aromatic rings. The molecule has 0 unspecified atom stereocenters. The molecular weight excluding hydrogens is 361 g/mol. The van der Waals surface area contributed by atoms with Crippen molar-refractivity contribution in [3.63, 3.8) is 0 Å². The molecule has 0 saturated carbocycles. The predicted octanol–water partition coefficient (Wildman–Crippen LogP) is 3.08. The molecule has 1 amide bonds. The highest BCUT2D eigenvalue weighted by molar-refractivity contribution is 6.00. The zero-order valence-electron chi connectivity index (χ0n) is 15.5. The summed E-state index contributed by atoms with van der Waals surface area (Å²) in [4.78, 5) is 14.4. The van der Waals surface area contributed by atoms with Gasteiger partial charge in [-0.3, -0.25) is 9.89 Å². The van der Waals surface area contributed by atoms with Crippen molar-refractivity contribution >= 4 is 5.91 Å². The highest BCUT2D eigenvalue weighted by Crippen LogP contribution is 2.45. The predicted molar refractivity (Wildman–Crippen MR) is 102 cm³/mol. The summed E-state index contributed by atoms with van der Waals surface area (Å²) in [5, 5.41) is 27.1. The molecule has 0 spiro atoms. The Morgan fingerprint density at radius 3 is 2.57 bits per heavy atom. The van der Waals surface area contributed by atoms with Crippen LogP contribution in [0, 0.1) is 19.7 Å². The van der Waals surface area contributed by atoms with E-state index in [0.717, 1.165) is 11.1 Å². The average Bonchev–Trinajstić information content (AvgIpc) is 3.16. The molecule has 0 saturated heterocycles. The van der Waals surface area contributed by atoms with E-state index in [-0.39, 0.29) is 30.6 Å². The van der Waals surface area contributed by atoms with Crippen LogP contribution >= 0.6 is 0 Å². The lowest BCUT2D eigenvalue weighted by molar-refractivity contribution is 0.0706. The molecule has 28 heavy (non-hydrogen) atoms.